The number of amides is 1. The molecule has 1 aromatic carbocycles. The zero-order chi connectivity index (χ0) is 20.8. The Kier molecular flexibility index (Phi) is 4.94. The van der Waals surface area contributed by atoms with Crippen molar-refractivity contribution in [2.45, 2.75) is 38.3 Å². The highest BCUT2D eigenvalue weighted by Gasteiger charge is 2.25. The molecule has 0 saturated carbocycles. The summed E-state index contributed by atoms with van der Waals surface area (Å²) in [7, 11) is 0. The number of thioether (sulfide) groups is 1. The van der Waals surface area contributed by atoms with Crippen LogP contribution in [-0.4, -0.2) is 31.2 Å². The fraction of sp³-hybridized carbons (Fsp3) is 0.333. The molecule has 0 bridgehead atoms. The Bertz CT molecular complexity index is 1260. The zero-order valence-electron chi connectivity index (χ0n) is 16.6. The van der Waals surface area contributed by atoms with E-state index in [-0.39, 0.29) is 17.5 Å². The fourth-order valence-corrected chi connectivity index (χ4v) is 6.12. The molecule has 0 aliphatic heterocycles. The van der Waals surface area contributed by atoms with Gasteiger partial charge < -0.3 is 5.32 Å². The molecule has 1 atom stereocenters. The van der Waals surface area contributed by atoms with E-state index >= 15 is 0 Å². The van der Waals surface area contributed by atoms with Gasteiger partial charge in [0.15, 0.2) is 10.8 Å². The summed E-state index contributed by atoms with van der Waals surface area (Å²) in [5, 5.41) is 13.3. The monoisotopic (exact) mass is 441 g/mol. The Morgan fingerprint density at radius 3 is 2.93 bits per heavy atom. The van der Waals surface area contributed by atoms with Gasteiger partial charge in [-0.25, -0.2) is 9.37 Å². The second-order valence-corrected chi connectivity index (χ2v) is 9.70. The summed E-state index contributed by atoms with van der Waals surface area (Å²) in [6.07, 6.45) is 3.32. The van der Waals surface area contributed by atoms with Crippen molar-refractivity contribution in [3.8, 4) is 0 Å². The van der Waals surface area contributed by atoms with Crippen LogP contribution in [0.5, 0.6) is 0 Å². The summed E-state index contributed by atoms with van der Waals surface area (Å²) < 4.78 is 15.0. The van der Waals surface area contributed by atoms with Crippen LogP contribution in [-0.2, 0) is 17.6 Å². The van der Waals surface area contributed by atoms with E-state index < -0.39 is 0 Å². The van der Waals surface area contributed by atoms with E-state index in [0.29, 0.717) is 16.8 Å². The van der Waals surface area contributed by atoms with E-state index in [1.807, 2.05) is 11.3 Å². The smallest absolute Gasteiger partial charge is 0.234 e. The molecule has 4 aromatic rings. The Morgan fingerprint density at radius 1 is 1.33 bits per heavy atom. The lowest BCUT2D eigenvalue weighted by Gasteiger charge is -2.17. The molecule has 1 aliphatic rings. The maximum Gasteiger partial charge on any atom is 0.234 e. The van der Waals surface area contributed by atoms with Crippen LogP contribution in [0.2, 0.25) is 0 Å². The van der Waals surface area contributed by atoms with Crippen LogP contribution in [0.15, 0.2) is 29.4 Å². The third kappa shape index (κ3) is 3.45. The van der Waals surface area contributed by atoms with Crippen LogP contribution in [0.25, 0.3) is 15.9 Å². The molecule has 1 N–H and O–H groups in total. The topological polar surface area (TPSA) is 72.2 Å². The molecule has 0 fully saturated rings. The third-order valence-corrected chi connectivity index (χ3v) is 7.47. The zero-order valence-corrected chi connectivity index (χ0v) is 18.2. The van der Waals surface area contributed by atoms with Gasteiger partial charge in [0.2, 0.25) is 5.91 Å². The summed E-state index contributed by atoms with van der Waals surface area (Å²) >= 11 is 3.09. The predicted octanol–water partition coefficient (Wildman–Crippen LogP) is 4.64. The lowest BCUT2D eigenvalue weighted by atomic mass is 9.89. The van der Waals surface area contributed by atoms with E-state index in [4.69, 9.17) is 4.98 Å². The Hall–Kier alpha value is -2.52. The molecule has 30 heavy (non-hydrogen) atoms. The first-order chi connectivity index (χ1) is 14.5. The predicted molar refractivity (Wildman–Crippen MR) is 118 cm³/mol. The maximum absolute atomic E-state index is 13.0. The number of benzene rings is 1. The molecule has 1 aliphatic carbocycles. The Morgan fingerprint density at radius 2 is 2.13 bits per heavy atom. The van der Waals surface area contributed by atoms with Gasteiger partial charge in [-0.05, 0) is 61.9 Å². The van der Waals surface area contributed by atoms with E-state index in [1.165, 1.54) is 52.9 Å². The number of nitrogens with zero attached hydrogens (tertiary/aromatic N) is 4. The quantitative estimate of drug-likeness (QED) is 0.467. The van der Waals surface area contributed by atoms with Crippen LogP contribution < -0.4 is 5.32 Å². The number of hydrogen-bond acceptors (Lipinski definition) is 6. The summed E-state index contributed by atoms with van der Waals surface area (Å²) in [6, 6.07) is 5.71. The lowest BCUT2D eigenvalue weighted by Crippen LogP contribution is -2.14. The molecule has 0 radical (unpaired) electrons. The van der Waals surface area contributed by atoms with E-state index in [9.17, 15) is 9.18 Å². The van der Waals surface area contributed by atoms with Crippen molar-refractivity contribution in [2.24, 2.45) is 5.92 Å². The van der Waals surface area contributed by atoms with Crippen molar-refractivity contribution in [3.63, 3.8) is 0 Å². The van der Waals surface area contributed by atoms with Crippen molar-refractivity contribution in [1.29, 1.82) is 0 Å². The van der Waals surface area contributed by atoms with Gasteiger partial charge in [-0.3, -0.25) is 9.20 Å². The summed E-state index contributed by atoms with van der Waals surface area (Å²) in [5.74, 6) is 1.17. The van der Waals surface area contributed by atoms with Crippen LogP contribution in [0, 0.1) is 18.7 Å². The Balaban J connectivity index is 1.42. The summed E-state index contributed by atoms with van der Waals surface area (Å²) in [5.41, 5.74) is 2.75. The minimum Gasteiger partial charge on any atom is -0.325 e. The van der Waals surface area contributed by atoms with Crippen molar-refractivity contribution >= 4 is 50.6 Å². The second-order valence-electron chi connectivity index (χ2n) is 7.68. The fourth-order valence-electron chi connectivity index (χ4n) is 3.92. The second kappa shape index (κ2) is 7.63. The average Bonchev–Trinajstić information content (AvgIpc) is 3.29. The molecule has 6 nitrogen and oxygen atoms in total. The van der Waals surface area contributed by atoms with Crippen molar-refractivity contribution in [3.05, 3.63) is 46.3 Å². The van der Waals surface area contributed by atoms with Crippen LogP contribution in [0.4, 0.5) is 10.1 Å². The van der Waals surface area contributed by atoms with Gasteiger partial charge >= 0.3 is 0 Å². The normalized spacial score (nSPS) is 16.2. The number of hydrogen-bond donors (Lipinski definition) is 1. The van der Waals surface area contributed by atoms with Gasteiger partial charge in [-0.1, -0.05) is 18.7 Å². The van der Waals surface area contributed by atoms with E-state index in [2.05, 4.69) is 22.4 Å². The van der Waals surface area contributed by atoms with Gasteiger partial charge in [0, 0.05) is 10.6 Å². The highest BCUT2D eigenvalue weighted by Crippen LogP contribution is 2.39. The van der Waals surface area contributed by atoms with E-state index in [1.54, 1.807) is 11.3 Å². The summed E-state index contributed by atoms with van der Waals surface area (Å²) in [4.78, 5) is 19.6. The number of thiophene rings is 1. The standard InChI is InChI=1S/C21H20FN5OS2/c1-11-3-8-15-16(9-11)30-20-18(15)19-25-26-21(27(19)12(2)23-20)29-10-17(28)24-14-6-4-13(22)5-7-14/h4-7,11H,3,8-10H2,1-2H3,(H,24,28)/t11-/m1/s1. The van der Waals surface area contributed by atoms with Crippen LogP contribution in [0.1, 0.15) is 29.6 Å². The summed E-state index contributed by atoms with van der Waals surface area (Å²) in [6.45, 7) is 4.24. The third-order valence-electron chi connectivity index (χ3n) is 5.40. The number of aromatic nitrogens is 4. The number of nitrogens with one attached hydrogen (secondary N) is 1. The highest BCUT2D eigenvalue weighted by atomic mass is 32.2. The lowest BCUT2D eigenvalue weighted by molar-refractivity contribution is -0.113. The largest absolute Gasteiger partial charge is 0.325 e. The van der Waals surface area contributed by atoms with Crippen molar-refractivity contribution in [2.75, 3.05) is 11.1 Å². The van der Waals surface area contributed by atoms with Crippen LogP contribution >= 0.6 is 23.1 Å². The minimum absolute atomic E-state index is 0.176. The molecule has 3 heterocycles. The molecule has 3 aromatic heterocycles. The number of aryl methyl sites for hydroxylation is 2. The number of rotatable bonds is 4. The van der Waals surface area contributed by atoms with Gasteiger partial charge in [0.25, 0.3) is 0 Å². The van der Waals surface area contributed by atoms with Gasteiger partial charge in [-0.15, -0.1) is 21.5 Å². The molecular formula is C21H20FN5OS2. The number of anilines is 1. The molecule has 1 amide bonds. The van der Waals surface area contributed by atoms with Gasteiger partial charge in [0.05, 0.1) is 11.1 Å². The number of fused-ring (bicyclic) bond motifs is 5. The van der Waals surface area contributed by atoms with Gasteiger partial charge in [0.1, 0.15) is 16.5 Å². The first-order valence-corrected chi connectivity index (χ1v) is 11.6. The van der Waals surface area contributed by atoms with Gasteiger partial charge in [-0.2, -0.15) is 0 Å². The number of halogens is 1. The molecule has 154 valence electrons. The highest BCUT2D eigenvalue weighted by molar-refractivity contribution is 7.99. The molecule has 9 heteroatoms. The molecule has 0 saturated heterocycles. The first kappa shape index (κ1) is 19.4. The molecule has 5 rings (SSSR count). The average molecular weight is 442 g/mol. The number of carbonyl (C=O) groups is 1. The maximum atomic E-state index is 13.0. The van der Waals surface area contributed by atoms with Crippen molar-refractivity contribution < 1.29 is 9.18 Å². The van der Waals surface area contributed by atoms with Crippen LogP contribution in [0.3, 0.4) is 0 Å². The van der Waals surface area contributed by atoms with Crippen molar-refractivity contribution in [1.82, 2.24) is 19.6 Å². The SMILES string of the molecule is Cc1nc2sc3c(c2c2nnc(SCC(=O)Nc4ccc(F)cc4)n12)CC[C@@H](C)C3. The van der Waals surface area contributed by atoms with E-state index in [0.717, 1.165) is 34.5 Å². The minimum atomic E-state index is -0.336. The first-order valence-electron chi connectivity index (χ1n) is 9.84. The Labute approximate surface area is 180 Å². The molecular weight excluding hydrogens is 421 g/mol. The molecule has 0 spiro atoms. The number of carbonyl (C=O) groups excluding carboxylic acids is 1. The molecule has 0 unspecified atom stereocenters.